The van der Waals surface area contributed by atoms with Crippen LogP contribution in [0.15, 0.2) is 71.7 Å². The molecular formula is C25H23ClN4O3. The highest BCUT2D eigenvalue weighted by Gasteiger charge is 2.18. The third-order valence-electron chi connectivity index (χ3n) is 5.05. The smallest absolute Gasteiger partial charge is 0.258 e. The average Bonchev–Trinajstić information content (AvgIpc) is 2.82. The average molecular weight is 463 g/mol. The highest BCUT2D eigenvalue weighted by atomic mass is 35.5. The summed E-state index contributed by atoms with van der Waals surface area (Å²) in [6.45, 7) is 3.00. The second kappa shape index (κ2) is 10.3. The van der Waals surface area contributed by atoms with Crippen molar-refractivity contribution in [3.63, 3.8) is 0 Å². The Hall–Kier alpha value is -3.71. The molecule has 7 nitrogen and oxygen atoms in total. The van der Waals surface area contributed by atoms with Crippen molar-refractivity contribution in [2.24, 2.45) is 0 Å². The first kappa shape index (κ1) is 22.5. The van der Waals surface area contributed by atoms with Crippen LogP contribution in [-0.4, -0.2) is 32.3 Å². The molecule has 1 N–H and O–H groups in total. The van der Waals surface area contributed by atoms with Crippen molar-refractivity contribution in [1.82, 2.24) is 19.9 Å². The molecule has 0 saturated heterocycles. The Balaban J connectivity index is 1.54. The molecule has 0 atom stereocenters. The molecule has 2 aromatic heterocycles. The van der Waals surface area contributed by atoms with Crippen LogP contribution >= 0.6 is 11.6 Å². The van der Waals surface area contributed by atoms with E-state index in [0.717, 1.165) is 12.0 Å². The molecule has 4 rings (SSSR count). The van der Waals surface area contributed by atoms with Gasteiger partial charge in [0.05, 0.1) is 17.4 Å². The zero-order valence-electron chi connectivity index (χ0n) is 18.1. The summed E-state index contributed by atoms with van der Waals surface area (Å²) in [4.78, 5) is 38.9. The van der Waals surface area contributed by atoms with Crippen LogP contribution in [0.4, 0.5) is 0 Å². The van der Waals surface area contributed by atoms with E-state index >= 15 is 0 Å². The predicted octanol–water partition coefficient (Wildman–Crippen LogP) is 4.60. The second-order valence-electron chi connectivity index (χ2n) is 7.56. The Morgan fingerprint density at radius 2 is 1.94 bits per heavy atom. The molecule has 0 unspecified atom stereocenters. The van der Waals surface area contributed by atoms with Crippen molar-refractivity contribution in [2.45, 2.75) is 26.5 Å². The maximum atomic E-state index is 13.3. The number of ether oxygens (including phenoxy) is 1. The van der Waals surface area contributed by atoms with Crippen molar-refractivity contribution in [1.29, 1.82) is 0 Å². The van der Waals surface area contributed by atoms with Gasteiger partial charge in [-0.05, 0) is 36.2 Å². The lowest BCUT2D eigenvalue weighted by Gasteiger charge is -2.22. The molecule has 0 spiro atoms. The van der Waals surface area contributed by atoms with E-state index in [0.29, 0.717) is 46.3 Å². The molecule has 1 amide bonds. The van der Waals surface area contributed by atoms with Gasteiger partial charge in [-0.3, -0.25) is 9.59 Å². The van der Waals surface area contributed by atoms with E-state index in [-0.39, 0.29) is 18.0 Å². The van der Waals surface area contributed by atoms with Crippen LogP contribution in [0.2, 0.25) is 5.02 Å². The van der Waals surface area contributed by atoms with E-state index in [1.807, 2.05) is 37.3 Å². The zero-order chi connectivity index (χ0) is 23.2. The summed E-state index contributed by atoms with van der Waals surface area (Å²) in [7, 11) is 0. The molecule has 0 bridgehead atoms. The summed E-state index contributed by atoms with van der Waals surface area (Å²) in [6.07, 6.45) is 2.30. The number of aromatic nitrogens is 3. The number of nitrogens with zero attached hydrogens (tertiary/aromatic N) is 3. The van der Waals surface area contributed by atoms with Gasteiger partial charge in [0.2, 0.25) is 5.88 Å². The standard InChI is InChI=1S/C25H23ClN4O3/c1-2-12-30(15-22-28-21-14-19(26)8-9-20(21)24(31)29-22)25(32)18-10-11-27-23(13-18)33-16-17-6-4-3-5-7-17/h3-11,13-14H,2,12,15-16H2,1H3,(H,28,29,31). The number of carbonyl (C=O) groups excluding carboxylic acids is 1. The minimum Gasteiger partial charge on any atom is -0.473 e. The molecule has 0 aliphatic heterocycles. The summed E-state index contributed by atoms with van der Waals surface area (Å²) in [5, 5.41) is 0.943. The lowest BCUT2D eigenvalue weighted by Crippen LogP contribution is -2.32. The summed E-state index contributed by atoms with van der Waals surface area (Å²) in [5.74, 6) is 0.567. The Morgan fingerprint density at radius 3 is 2.73 bits per heavy atom. The van der Waals surface area contributed by atoms with Crippen LogP contribution < -0.4 is 10.3 Å². The van der Waals surface area contributed by atoms with Crippen LogP contribution in [0.25, 0.3) is 10.9 Å². The maximum absolute atomic E-state index is 13.3. The van der Waals surface area contributed by atoms with Crippen molar-refractivity contribution >= 4 is 28.4 Å². The summed E-state index contributed by atoms with van der Waals surface area (Å²) in [5.41, 5.74) is 1.68. The Labute approximate surface area is 196 Å². The first-order valence-electron chi connectivity index (χ1n) is 10.6. The van der Waals surface area contributed by atoms with Gasteiger partial charge < -0.3 is 14.6 Å². The first-order valence-corrected chi connectivity index (χ1v) is 11.0. The van der Waals surface area contributed by atoms with Gasteiger partial charge in [0.1, 0.15) is 12.4 Å². The number of amides is 1. The molecule has 2 heterocycles. The van der Waals surface area contributed by atoms with Crippen LogP contribution in [0.3, 0.4) is 0 Å². The van der Waals surface area contributed by atoms with Crippen molar-refractivity contribution in [3.8, 4) is 5.88 Å². The van der Waals surface area contributed by atoms with Gasteiger partial charge in [-0.1, -0.05) is 48.9 Å². The van der Waals surface area contributed by atoms with E-state index < -0.39 is 0 Å². The van der Waals surface area contributed by atoms with Gasteiger partial charge in [-0.25, -0.2) is 9.97 Å². The van der Waals surface area contributed by atoms with E-state index in [9.17, 15) is 9.59 Å². The lowest BCUT2D eigenvalue weighted by atomic mass is 10.2. The SMILES string of the molecule is CCCN(Cc1nc2cc(Cl)ccc2c(=O)[nH]1)C(=O)c1ccnc(OCc2ccccc2)c1. The molecule has 0 fully saturated rings. The summed E-state index contributed by atoms with van der Waals surface area (Å²) in [6, 6.07) is 17.9. The highest BCUT2D eigenvalue weighted by Crippen LogP contribution is 2.17. The van der Waals surface area contributed by atoms with Crippen molar-refractivity contribution in [2.75, 3.05) is 6.54 Å². The number of rotatable bonds is 8. The van der Waals surface area contributed by atoms with Gasteiger partial charge in [0, 0.05) is 29.4 Å². The van der Waals surface area contributed by atoms with Crippen LogP contribution in [0, 0.1) is 0 Å². The number of aromatic amines is 1. The minimum atomic E-state index is -0.268. The Morgan fingerprint density at radius 1 is 1.12 bits per heavy atom. The molecule has 4 aromatic rings. The number of nitrogens with one attached hydrogen (secondary N) is 1. The molecule has 0 radical (unpaired) electrons. The molecular weight excluding hydrogens is 440 g/mol. The number of hydrogen-bond acceptors (Lipinski definition) is 5. The quantitative estimate of drug-likeness (QED) is 0.413. The van der Waals surface area contributed by atoms with Crippen LogP contribution in [0.1, 0.15) is 35.1 Å². The third-order valence-corrected chi connectivity index (χ3v) is 5.29. The fourth-order valence-electron chi connectivity index (χ4n) is 3.47. The van der Waals surface area contributed by atoms with E-state index in [1.165, 1.54) is 0 Å². The molecule has 0 saturated carbocycles. The molecule has 0 aliphatic rings. The monoisotopic (exact) mass is 462 g/mol. The van der Waals surface area contributed by atoms with Crippen molar-refractivity contribution < 1.29 is 9.53 Å². The van der Waals surface area contributed by atoms with E-state index in [4.69, 9.17) is 16.3 Å². The van der Waals surface area contributed by atoms with Gasteiger partial charge >= 0.3 is 0 Å². The Kier molecular flexibility index (Phi) is 7.00. The third kappa shape index (κ3) is 5.56. The first-order chi connectivity index (χ1) is 16.0. The molecule has 0 aliphatic carbocycles. The van der Waals surface area contributed by atoms with Gasteiger partial charge in [0.15, 0.2) is 0 Å². The normalized spacial score (nSPS) is 10.8. The van der Waals surface area contributed by atoms with E-state index in [2.05, 4.69) is 15.0 Å². The molecule has 2 aromatic carbocycles. The number of H-pyrrole nitrogens is 1. The largest absolute Gasteiger partial charge is 0.473 e. The fourth-order valence-corrected chi connectivity index (χ4v) is 3.64. The van der Waals surface area contributed by atoms with Crippen LogP contribution in [-0.2, 0) is 13.2 Å². The fraction of sp³-hybridized carbons (Fsp3) is 0.200. The number of hydrogen-bond donors (Lipinski definition) is 1. The second-order valence-corrected chi connectivity index (χ2v) is 7.99. The number of fused-ring (bicyclic) bond motifs is 1. The molecule has 8 heteroatoms. The number of benzene rings is 2. The molecule has 168 valence electrons. The van der Waals surface area contributed by atoms with Gasteiger partial charge in [0.25, 0.3) is 11.5 Å². The predicted molar refractivity (Wildman–Crippen MR) is 127 cm³/mol. The Bertz CT molecular complexity index is 1320. The number of carbonyl (C=O) groups is 1. The van der Waals surface area contributed by atoms with Crippen LogP contribution in [0.5, 0.6) is 5.88 Å². The highest BCUT2D eigenvalue weighted by molar-refractivity contribution is 6.31. The molecule has 33 heavy (non-hydrogen) atoms. The van der Waals surface area contributed by atoms with Gasteiger partial charge in [-0.2, -0.15) is 0 Å². The topological polar surface area (TPSA) is 88.2 Å². The van der Waals surface area contributed by atoms with Gasteiger partial charge in [-0.15, -0.1) is 0 Å². The summed E-state index contributed by atoms with van der Waals surface area (Å²) >= 11 is 6.05. The lowest BCUT2D eigenvalue weighted by molar-refractivity contribution is 0.0738. The summed E-state index contributed by atoms with van der Waals surface area (Å²) < 4.78 is 5.76. The van der Waals surface area contributed by atoms with Crippen molar-refractivity contribution in [3.05, 3.63) is 99.2 Å². The number of halogens is 1. The zero-order valence-corrected chi connectivity index (χ0v) is 18.9. The number of pyridine rings is 1. The minimum absolute atomic E-state index is 0.160. The maximum Gasteiger partial charge on any atom is 0.258 e. The van der Waals surface area contributed by atoms with E-state index in [1.54, 1.807) is 41.4 Å².